The Morgan fingerprint density at radius 3 is 2.58 bits per heavy atom. The van der Waals surface area contributed by atoms with E-state index in [-0.39, 0.29) is 28.9 Å². The molecule has 4 rings (SSSR count). The Labute approximate surface area is 184 Å². The van der Waals surface area contributed by atoms with Crippen LogP contribution in [0.15, 0.2) is 23.1 Å². The quantitative estimate of drug-likeness (QED) is 0.737. The van der Waals surface area contributed by atoms with Gasteiger partial charge in [-0.05, 0) is 30.9 Å². The highest BCUT2D eigenvalue weighted by Gasteiger charge is 2.40. The molecule has 1 saturated heterocycles. The zero-order valence-electron chi connectivity index (χ0n) is 18.2. The number of carbonyl (C=O) groups excluding carboxylic acids is 1. The fourth-order valence-electron chi connectivity index (χ4n) is 4.57. The number of ether oxygens (including phenoxy) is 3. The van der Waals surface area contributed by atoms with E-state index in [2.05, 4.69) is 4.72 Å². The Morgan fingerprint density at radius 2 is 1.81 bits per heavy atom. The smallest absolute Gasteiger partial charge is 0.241 e. The molecule has 1 saturated carbocycles. The first-order chi connectivity index (χ1) is 14.9. The molecule has 1 aliphatic carbocycles. The van der Waals surface area contributed by atoms with Gasteiger partial charge in [0.25, 0.3) is 0 Å². The maximum atomic E-state index is 13.5. The zero-order chi connectivity index (χ0) is 22.0. The number of rotatable bonds is 5. The predicted octanol–water partition coefficient (Wildman–Crippen LogP) is 2.32. The first-order valence-corrected chi connectivity index (χ1v) is 12.7. The maximum absolute atomic E-state index is 13.5. The maximum Gasteiger partial charge on any atom is 0.241 e. The van der Waals surface area contributed by atoms with Gasteiger partial charge in [-0.3, -0.25) is 4.79 Å². The second-order valence-corrected chi connectivity index (χ2v) is 10.5. The first-order valence-electron chi connectivity index (χ1n) is 11.2. The van der Waals surface area contributed by atoms with Crippen LogP contribution in [0.3, 0.4) is 0 Å². The van der Waals surface area contributed by atoms with Gasteiger partial charge in [-0.2, -0.15) is 4.72 Å². The Hall–Kier alpha value is -1.84. The number of benzene rings is 1. The number of nitrogens with zero attached hydrogens (tertiary/aromatic N) is 1. The van der Waals surface area contributed by atoms with Crippen molar-refractivity contribution in [3.05, 3.63) is 18.2 Å². The van der Waals surface area contributed by atoms with Gasteiger partial charge in [-0.25, -0.2) is 8.42 Å². The summed E-state index contributed by atoms with van der Waals surface area (Å²) >= 11 is 0. The Morgan fingerprint density at radius 1 is 1.06 bits per heavy atom. The molecule has 1 aromatic rings. The largest absolute Gasteiger partial charge is 0.490 e. The van der Waals surface area contributed by atoms with E-state index in [1.807, 2.05) is 18.7 Å². The van der Waals surface area contributed by atoms with Gasteiger partial charge in [0.2, 0.25) is 15.9 Å². The fourth-order valence-corrected chi connectivity index (χ4v) is 5.92. The van der Waals surface area contributed by atoms with Gasteiger partial charge in [0.1, 0.15) is 6.04 Å². The van der Waals surface area contributed by atoms with Gasteiger partial charge in [0, 0.05) is 19.0 Å². The van der Waals surface area contributed by atoms with Crippen molar-refractivity contribution in [1.82, 2.24) is 9.62 Å². The van der Waals surface area contributed by atoms with E-state index in [4.69, 9.17) is 14.2 Å². The summed E-state index contributed by atoms with van der Waals surface area (Å²) in [6, 6.07) is 3.75. The van der Waals surface area contributed by atoms with Gasteiger partial charge in [-0.15, -0.1) is 0 Å². The van der Waals surface area contributed by atoms with Crippen LogP contribution >= 0.6 is 0 Å². The minimum atomic E-state index is -3.93. The lowest BCUT2D eigenvalue weighted by Gasteiger charge is -2.45. The number of amides is 1. The van der Waals surface area contributed by atoms with Gasteiger partial charge in [0.15, 0.2) is 11.5 Å². The summed E-state index contributed by atoms with van der Waals surface area (Å²) in [5.74, 6) is 0.566. The molecule has 0 radical (unpaired) electrons. The van der Waals surface area contributed by atoms with E-state index in [0.29, 0.717) is 37.9 Å². The second kappa shape index (κ2) is 9.34. The number of hydrogen-bond acceptors (Lipinski definition) is 6. The molecule has 0 bridgehead atoms. The molecule has 0 spiro atoms. The molecule has 2 heterocycles. The highest BCUT2D eigenvalue weighted by Crippen LogP contribution is 2.33. The third-order valence-corrected chi connectivity index (χ3v) is 7.70. The third kappa shape index (κ3) is 4.83. The van der Waals surface area contributed by atoms with E-state index in [9.17, 15) is 13.2 Å². The lowest BCUT2D eigenvalue weighted by molar-refractivity contribution is -0.152. The normalized spacial score (nSPS) is 24.9. The van der Waals surface area contributed by atoms with Crippen LogP contribution in [0.1, 0.15) is 46.0 Å². The van der Waals surface area contributed by atoms with Gasteiger partial charge >= 0.3 is 0 Å². The summed E-state index contributed by atoms with van der Waals surface area (Å²) in [7, 11) is -3.93. The van der Waals surface area contributed by atoms with Crippen molar-refractivity contribution in [2.24, 2.45) is 5.92 Å². The van der Waals surface area contributed by atoms with Crippen LogP contribution in [0.4, 0.5) is 0 Å². The fraction of sp³-hybridized carbons (Fsp3) is 0.682. The van der Waals surface area contributed by atoms with Crippen molar-refractivity contribution in [2.45, 2.75) is 69.0 Å². The lowest BCUT2D eigenvalue weighted by Crippen LogP contribution is -2.60. The molecule has 31 heavy (non-hydrogen) atoms. The predicted molar refractivity (Wildman–Crippen MR) is 115 cm³/mol. The van der Waals surface area contributed by atoms with E-state index in [0.717, 1.165) is 32.1 Å². The molecular weight excluding hydrogens is 420 g/mol. The van der Waals surface area contributed by atoms with Crippen LogP contribution in [-0.2, 0) is 19.6 Å². The monoisotopic (exact) mass is 452 g/mol. The number of carbonyl (C=O) groups is 1. The van der Waals surface area contributed by atoms with Crippen molar-refractivity contribution < 1.29 is 27.4 Å². The molecule has 8 nitrogen and oxygen atoms in total. The van der Waals surface area contributed by atoms with Crippen molar-refractivity contribution in [3.63, 3.8) is 0 Å². The molecular formula is C22H32N2O6S. The summed E-state index contributed by atoms with van der Waals surface area (Å²) in [6.07, 6.45) is 4.80. The van der Waals surface area contributed by atoms with Crippen molar-refractivity contribution in [2.75, 3.05) is 26.4 Å². The molecule has 2 aliphatic heterocycles. The third-order valence-electron chi connectivity index (χ3n) is 6.26. The topological polar surface area (TPSA) is 94.2 Å². The highest BCUT2D eigenvalue weighted by molar-refractivity contribution is 7.89. The Bertz CT molecular complexity index is 901. The molecule has 1 N–H and O–H groups in total. The van der Waals surface area contributed by atoms with Crippen LogP contribution < -0.4 is 14.2 Å². The van der Waals surface area contributed by atoms with E-state index in [1.54, 1.807) is 6.07 Å². The van der Waals surface area contributed by atoms with Crippen molar-refractivity contribution >= 4 is 15.9 Å². The number of fused-ring (bicyclic) bond motifs is 2. The highest BCUT2D eigenvalue weighted by atomic mass is 32.2. The standard InChI is InChI=1S/C22H32N2O6S/c1-15(2)21(22(25)24-10-13-30-18-7-4-3-6-17(18)24)23-31(26,27)16-8-9-19-20(14-16)29-12-5-11-28-19/h8-9,14-15,17-18,21,23H,3-7,10-13H2,1-2H3. The molecule has 1 aromatic carbocycles. The summed E-state index contributed by atoms with van der Waals surface area (Å²) in [4.78, 5) is 15.4. The molecule has 9 heteroatoms. The molecule has 0 aromatic heterocycles. The first kappa shape index (κ1) is 22.4. The molecule has 172 valence electrons. The second-order valence-electron chi connectivity index (χ2n) is 8.79. The van der Waals surface area contributed by atoms with E-state index in [1.165, 1.54) is 12.1 Å². The van der Waals surface area contributed by atoms with Gasteiger partial charge in [-0.1, -0.05) is 26.7 Å². The Kier molecular flexibility index (Phi) is 6.74. The molecule has 3 atom stereocenters. The molecule has 2 fully saturated rings. The summed E-state index contributed by atoms with van der Waals surface area (Å²) in [5.41, 5.74) is 0. The minimum absolute atomic E-state index is 0.0267. The van der Waals surface area contributed by atoms with Gasteiger partial charge in [0.05, 0.1) is 36.9 Å². The van der Waals surface area contributed by atoms with Crippen molar-refractivity contribution in [1.29, 1.82) is 0 Å². The number of hydrogen-bond donors (Lipinski definition) is 1. The average molecular weight is 453 g/mol. The van der Waals surface area contributed by atoms with Crippen LogP contribution in [0.5, 0.6) is 11.5 Å². The SMILES string of the molecule is CC(C)C(NS(=O)(=O)c1ccc2c(c1)OCCCO2)C(=O)N1CCOC2CCCCC21. The summed E-state index contributed by atoms with van der Waals surface area (Å²) in [6.45, 7) is 5.71. The average Bonchev–Trinajstić information content (AvgIpc) is 3.01. The van der Waals surface area contributed by atoms with Crippen molar-refractivity contribution in [3.8, 4) is 11.5 Å². The van der Waals surface area contributed by atoms with Crippen LogP contribution in [0.25, 0.3) is 0 Å². The number of nitrogens with one attached hydrogen (secondary N) is 1. The van der Waals surface area contributed by atoms with E-state index >= 15 is 0 Å². The van der Waals surface area contributed by atoms with Crippen LogP contribution in [0.2, 0.25) is 0 Å². The van der Waals surface area contributed by atoms with Crippen LogP contribution in [0, 0.1) is 5.92 Å². The molecule has 1 amide bonds. The summed E-state index contributed by atoms with van der Waals surface area (Å²) < 4.78 is 46.1. The Balaban J connectivity index is 1.54. The number of sulfonamides is 1. The molecule has 3 aliphatic rings. The minimum Gasteiger partial charge on any atom is -0.490 e. The van der Waals surface area contributed by atoms with E-state index < -0.39 is 16.1 Å². The van der Waals surface area contributed by atoms with Crippen LogP contribution in [-0.4, -0.2) is 63.8 Å². The van der Waals surface area contributed by atoms with Gasteiger partial charge < -0.3 is 19.1 Å². The molecule has 3 unspecified atom stereocenters. The number of morpholine rings is 1. The lowest BCUT2D eigenvalue weighted by atomic mass is 9.89. The summed E-state index contributed by atoms with van der Waals surface area (Å²) in [5, 5.41) is 0. The zero-order valence-corrected chi connectivity index (χ0v) is 19.0.